The molecule has 0 radical (unpaired) electrons. The molecule has 1 heterocycles. The number of carbonyl (C=O) groups excluding carboxylic acids is 1. The number of aryl methyl sites for hydroxylation is 2. The Hall–Kier alpha value is -3.44. The molecule has 5 rings (SSSR count). The first kappa shape index (κ1) is 20.5. The molecular weight excluding hydrogens is 420 g/mol. The lowest BCUT2D eigenvalue weighted by molar-refractivity contribution is -0.138. The van der Waals surface area contributed by atoms with Crippen LogP contribution in [0.2, 0.25) is 0 Å². The van der Waals surface area contributed by atoms with E-state index >= 15 is 0 Å². The van der Waals surface area contributed by atoms with Gasteiger partial charge < -0.3 is 10.2 Å². The number of benzene rings is 3. The number of aliphatic carboxylic acids is 1. The number of hydrogen-bond donors (Lipinski definition) is 2. The van der Waals surface area contributed by atoms with Crippen LogP contribution in [0.25, 0.3) is 21.2 Å². The molecule has 2 N–H and O–H groups in total. The second-order valence-electron chi connectivity index (χ2n) is 8.60. The number of rotatable bonds is 5. The SMILES string of the molecule is Cc1cc(C)cc(C(=O)c2sc3cc(O)ccc3c2-c2ccc(C3CC3C(=O)O)cc2)c1. The lowest BCUT2D eigenvalue weighted by Crippen LogP contribution is -2.02. The summed E-state index contributed by atoms with van der Waals surface area (Å²) in [6.07, 6.45) is 0.672. The summed E-state index contributed by atoms with van der Waals surface area (Å²) in [6, 6.07) is 18.9. The summed E-state index contributed by atoms with van der Waals surface area (Å²) in [7, 11) is 0. The van der Waals surface area contributed by atoms with Crippen molar-refractivity contribution in [2.75, 3.05) is 0 Å². The van der Waals surface area contributed by atoms with Gasteiger partial charge in [-0.25, -0.2) is 0 Å². The van der Waals surface area contributed by atoms with Crippen molar-refractivity contribution in [3.63, 3.8) is 0 Å². The Morgan fingerprint density at radius 1 is 0.938 bits per heavy atom. The van der Waals surface area contributed by atoms with Gasteiger partial charge in [-0.15, -0.1) is 11.3 Å². The molecule has 160 valence electrons. The number of phenols is 1. The van der Waals surface area contributed by atoms with E-state index < -0.39 is 5.97 Å². The van der Waals surface area contributed by atoms with Crippen LogP contribution in [0, 0.1) is 19.8 Å². The van der Waals surface area contributed by atoms with Crippen LogP contribution >= 0.6 is 11.3 Å². The minimum Gasteiger partial charge on any atom is -0.508 e. The number of carbonyl (C=O) groups is 2. The Balaban J connectivity index is 1.62. The zero-order valence-corrected chi connectivity index (χ0v) is 18.6. The highest BCUT2D eigenvalue weighted by atomic mass is 32.1. The first-order valence-electron chi connectivity index (χ1n) is 10.5. The molecule has 1 aliphatic carbocycles. The largest absolute Gasteiger partial charge is 0.508 e. The number of carboxylic acids is 1. The van der Waals surface area contributed by atoms with Crippen molar-refractivity contribution in [3.05, 3.63) is 87.8 Å². The summed E-state index contributed by atoms with van der Waals surface area (Å²) in [5.74, 6) is -0.852. The number of carboxylic acid groups (broad SMARTS) is 1. The van der Waals surface area contributed by atoms with Crippen molar-refractivity contribution in [2.24, 2.45) is 5.92 Å². The molecule has 4 aromatic rings. The Morgan fingerprint density at radius 2 is 1.62 bits per heavy atom. The first-order chi connectivity index (χ1) is 15.3. The van der Waals surface area contributed by atoms with Crippen LogP contribution in [-0.2, 0) is 4.79 Å². The second-order valence-corrected chi connectivity index (χ2v) is 9.65. The van der Waals surface area contributed by atoms with Crippen LogP contribution in [0.3, 0.4) is 0 Å². The molecule has 32 heavy (non-hydrogen) atoms. The molecule has 0 bridgehead atoms. The van der Waals surface area contributed by atoms with Gasteiger partial charge in [-0.1, -0.05) is 41.5 Å². The minimum atomic E-state index is -0.746. The number of aromatic hydroxyl groups is 1. The lowest BCUT2D eigenvalue weighted by Gasteiger charge is -2.08. The Kier molecular flexibility index (Phi) is 4.86. The predicted molar refractivity (Wildman–Crippen MR) is 127 cm³/mol. The maximum Gasteiger partial charge on any atom is 0.307 e. The van der Waals surface area contributed by atoms with Crippen LogP contribution in [0.1, 0.15) is 44.3 Å². The molecule has 2 atom stereocenters. The zero-order valence-electron chi connectivity index (χ0n) is 17.8. The van der Waals surface area contributed by atoms with Gasteiger partial charge in [-0.2, -0.15) is 0 Å². The number of hydrogen-bond acceptors (Lipinski definition) is 4. The van der Waals surface area contributed by atoms with Gasteiger partial charge in [0.05, 0.1) is 10.8 Å². The fraction of sp³-hybridized carbons (Fsp3) is 0.185. The fourth-order valence-electron chi connectivity index (χ4n) is 4.50. The van der Waals surface area contributed by atoms with Crippen LogP contribution < -0.4 is 0 Å². The molecule has 4 nitrogen and oxygen atoms in total. The number of thiophene rings is 1. The van der Waals surface area contributed by atoms with Crippen LogP contribution in [0.4, 0.5) is 0 Å². The topological polar surface area (TPSA) is 74.6 Å². The quantitative estimate of drug-likeness (QED) is 0.355. The van der Waals surface area contributed by atoms with Crippen molar-refractivity contribution >= 4 is 33.2 Å². The van der Waals surface area contributed by atoms with Gasteiger partial charge in [0.1, 0.15) is 5.75 Å². The van der Waals surface area contributed by atoms with Gasteiger partial charge in [0.25, 0.3) is 0 Å². The molecule has 1 fully saturated rings. The Labute approximate surface area is 189 Å². The molecule has 0 aliphatic heterocycles. The summed E-state index contributed by atoms with van der Waals surface area (Å²) in [5.41, 5.74) is 5.50. The summed E-state index contributed by atoms with van der Waals surface area (Å²) < 4.78 is 0.852. The van der Waals surface area contributed by atoms with E-state index in [4.69, 9.17) is 0 Å². The van der Waals surface area contributed by atoms with Gasteiger partial charge in [0, 0.05) is 21.2 Å². The van der Waals surface area contributed by atoms with Crippen molar-refractivity contribution in [1.82, 2.24) is 0 Å². The highest BCUT2D eigenvalue weighted by Gasteiger charge is 2.44. The van der Waals surface area contributed by atoms with Crippen molar-refractivity contribution in [2.45, 2.75) is 26.2 Å². The average Bonchev–Trinajstić information content (AvgIpc) is 3.47. The normalized spacial score (nSPS) is 17.4. The van der Waals surface area contributed by atoms with Gasteiger partial charge in [-0.3, -0.25) is 9.59 Å². The summed E-state index contributed by atoms with van der Waals surface area (Å²) in [5, 5.41) is 20.1. The van der Waals surface area contributed by atoms with Gasteiger partial charge in [0.15, 0.2) is 0 Å². The highest BCUT2D eigenvalue weighted by Crippen LogP contribution is 2.48. The lowest BCUT2D eigenvalue weighted by atomic mass is 9.95. The third-order valence-corrected chi connectivity index (χ3v) is 7.25. The third-order valence-electron chi connectivity index (χ3n) is 6.10. The molecule has 0 amide bonds. The summed E-state index contributed by atoms with van der Waals surface area (Å²) in [6.45, 7) is 3.96. The van der Waals surface area contributed by atoms with Crippen molar-refractivity contribution in [3.8, 4) is 16.9 Å². The summed E-state index contributed by atoms with van der Waals surface area (Å²) >= 11 is 1.39. The van der Waals surface area contributed by atoms with Crippen LogP contribution in [-0.4, -0.2) is 22.0 Å². The summed E-state index contributed by atoms with van der Waals surface area (Å²) in [4.78, 5) is 25.4. The minimum absolute atomic E-state index is 0.0373. The molecular formula is C27H22O4S. The molecule has 1 saturated carbocycles. The van der Waals surface area contributed by atoms with E-state index in [1.54, 1.807) is 12.1 Å². The molecule has 5 heteroatoms. The maximum absolute atomic E-state index is 13.6. The molecule has 0 spiro atoms. The molecule has 3 aromatic carbocycles. The first-order valence-corrected chi connectivity index (χ1v) is 11.3. The molecule has 2 unspecified atom stereocenters. The average molecular weight is 443 g/mol. The van der Waals surface area contributed by atoms with Gasteiger partial charge in [-0.05, 0) is 67.6 Å². The standard InChI is InChI=1S/C27H22O4S/c1-14-9-15(2)11-18(10-14)25(29)26-24(20-8-7-19(28)12-23(20)32-26)17-5-3-16(4-6-17)21-13-22(21)27(30)31/h3-12,21-22,28H,13H2,1-2H3,(H,30,31). The predicted octanol–water partition coefficient (Wildman–Crippen LogP) is 6.31. The second kappa shape index (κ2) is 7.61. The van der Waals surface area contributed by atoms with E-state index in [0.29, 0.717) is 16.9 Å². The molecule has 0 saturated heterocycles. The monoisotopic (exact) mass is 442 g/mol. The van der Waals surface area contributed by atoms with Gasteiger partial charge >= 0.3 is 5.97 Å². The zero-order chi connectivity index (χ0) is 22.6. The maximum atomic E-state index is 13.6. The van der Waals surface area contributed by atoms with Crippen molar-refractivity contribution < 1.29 is 19.8 Å². The Bertz CT molecular complexity index is 1360. The number of phenolic OH excluding ortho intramolecular Hbond substituents is 1. The molecule has 1 aromatic heterocycles. The smallest absolute Gasteiger partial charge is 0.307 e. The molecule has 1 aliphatic rings. The van der Waals surface area contributed by atoms with Crippen LogP contribution in [0.15, 0.2) is 60.7 Å². The van der Waals surface area contributed by atoms with E-state index in [9.17, 15) is 19.8 Å². The third kappa shape index (κ3) is 3.59. The Morgan fingerprint density at radius 3 is 2.25 bits per heavy atom. The fourth-order valence-corrected chi connectivity index (χ4v) is 5.72. The van der Waals surface area contributed by atoms with E-state index in [0.717, 1.165) is 37.9 Å². The number of fused-ring (bicyclic) bond motifs is 1. The van der Waals surface area contributed by atoms with E-state index in [2.05, 4.69) is 0 Å². The van der Waals surface area contributed by atoms with Gasteiger partial charge in [0.2, 0.25) is 5.78 Å². The van der Waals surface area contributed by atoms with Crippen LogP contribution in [0.5, 0.6) is 5.75 Å². The van der Waals surface area contributed by atoms with E-state index in [-0.39, 0.29) is 23.4 Å². The number of ketones is 1. The van der Waals surface area contributed by atoms with E-state index in [1.807, 2.05) is 62.4 Å². The van der Waals surface area contributed by atoms with Crippen molar-refractivity contribution in [1.29, 1.82) is 0 Å². The van der Waals surface area contributed by atoms with E-state index in [1.165, 1.54) is 11.3 Å². The highest BCUT2D eigenvalue weighted by molar-refractivity contribution is 7.21.